The molecule has 152 valence electrons. The molecule has 0 aliphatic heterocycles. The predicted octanol–water partition coefficient (Wildman–Crippen LogP) is 2.22. The van der Waals surface area contributed by atoms with Crippen LogP contribution in [0.25, 0.3) is 0 Å². The number of aromatic nitrogens is 1. The van der Waals surface area contributed by atoms with Gasteiger partial charge in [-0.2, -0.15) is 0 Å². The van der Waals surface area contributed by atoms with Crippen molar-refractivity contribution in [2.45, 2.75) is 26.0 Å². The number of nitrogens with one attached hydrogen (secondary N) is 2. The minimum absolute atomic E-state index is 0.0129. The first-order valence-corrected chi connectivity index (χ1v) is 10.1. The van der Waals surface area contributed by atoms with Gasteiger partial charge in [0.1, 0.15) is 11.1 Å². The SMILES string of the molecule is CN=C(NCC(=O)NCCc1ccccc1)N(C)Cc1csc(C(C)OC)n1. The van der Waals surface area contributed by atoms with Gasteiger partial charge in [0, 0.05) is 33.1 Å². The third-order valence-electron chi connectivity index (χ3n) is 4.23. The lowest BCUT2D eigenvalue weighted by Crippen LogP contribution is -2.44. The molecular weight excluding hydrogens is 374 g/mol. The third-order valence-corrected chi connectivity index (χ3v) is 5.28. The standard InChI is InChI=1S/C20H29N5O2S/c1-15(27-4)19-24-17(14-28-19)13-25(3)20(21-2)23-12-18(26)22-11-10-16-8-6-5-7-9-16/h5-9,14-15H,10-13H2,1-4H3,(H,21,23)(H,22,26). The van der Waals surface area contributed by atoms with Crippen molar-refractivity contribution >= 4 is 23.2 Å². The summed E-state index contributed by atoms with van der Waals surface area (Å²) in [6.45, 7) is 3.36. The number of aliphatic imine (C=N–C) groups is 1. The lowest BCUT2D eigenvalue weighted by atomic mass is 10.1. The second-order valence-corrected chi connectivity index (χ2v) is 7.29. The Morgan fingerprint density at radius 3 is 2.75 bits per heavy atom. The van der Waals surface area contributed by atoms with Crippen molar-refractivity contribution < 1.29 is 9.53 Å². The average Bonchev–Trinajstić information content (AvgIpc) is 3.17. The van der Waals surface area contributed by atoms with Crippen LogP contribution in [0.4, 0.5) is 0 Å². The summed E-state index contributed by atoms with van der Waals surface area (Å²) >= 11 is 1.58. The molecule has 0 fully saturated rings. The summed E-state index contributed by atoms with van der Waals surface area (Å²) in [4.78, 5) is 22.8. The number of methoxy groups -OCH3 is 1. The van der Waals surface area contributed by atoms with E-state index in [2.05, 4.69) is 32.7 Å². The summed E-state index contributed by atoms with van der Waals surface area (Å²) in [6, 6.07) is 10.1. The van der Waals surface area contributed by atoms with Gasteiger partial charge in [-0.25, -0.2) is 4.98 Å². The Morgan fingerprint density at radius 2 is 2.07 bits per heavy atom. The number of nitrogens with zero attached hydrogens (tertiary/aromatic N) is 3. The normalized spacial score (nSPS) is 12.5. The highest BCUT2D eigenvalue weighted by atomic mass is 32.1. The minimum atomic E-state index is -0.0599. The molecule has 1 aromatic heterocycles. The molecule has 1 atom stereocenters. The van der Waals surface area contributed by atoms with Gasteiger partial charge in [-0.15, -0.1) is 11.3 Å². The van der Waals surface area contributed by atoms with Crippen molar-refractivity contribution in [3.05, 3.63) is 52.0 Å². The number of rotatable bonds is 9. The summed E-state index contributed by atoms with van der Waals surface area (Å²) in [5, 5.41) is 8.98. The third kappa shape index (κ3) is 6.94. The second-order valence-electron chi connectivity index (χ2n) is 6.40. The first-order valence-electron chi connectivity index (χ1n) is 9.23. The van der Waals surface area contributed by atoms with E-state index in [1.165, 1.54) is 5.56 Å². The summed E-state index contributed by atoms with van der Waals surface area (Å²) < 4.78 is 5.30. The Hall–Kier alpha value is -2.45. The van der Waals surface area contributed by atoms with Gasteiger partial charge in [0.05, 0.1) is 18.8 Å². The maximum absolute atomic E-state index is 12.1. The number of carbonyl (C=O) groups is 1. The zero-order chi connectivity index (χ0) is 20.4. The van der Waals surface area contributed by atoms with E-state index in [9.17, 15) is 4.79 Å². The zero-order valence-electron chi connectivity index (χ0n) is 16.9. The van der Waals surface area contributed by atoms with Gasteiger partial charge in [0.15, 0.2) is 5.96 Å². The maximum Gasteiger partial charge on any atom is 0.239 e. The fraction of sp³-hybridized carbons (Fsp3) is 0.450. The molecule has 28 heavy (non-hydrogen) atoms. The zero-order valence-corrected chi connectivity index (χ0v) is 17.8. The number of benzene rings is 1. The lowest BCUT2D eigenvalue weighted by molar-refractivity contribution is -0.120. The first-order chi connectivity index (χ1) is 13.5. The van der Waals surface area contributed by atoms with Gasteiger partial charge in [-0.05, 0) is 18.9 Å². The van der Waals surface area contributed by atoms with E-state index in [0.717, 1.165) is 17.1 Å². The van der Waals surface area contributed by atoms with E-state index < -0.39 is 0 Å². The summed E-state index contributed by atoms with van der Waals surface area (Å²) in [5.41, 5.74) is 2.15. The fourth-order valence-corrected chi connectivity index (χ4v) is 3.44. The summed E-state index contributed by atoms with van der Waals surface area (Å²) in [6.07, 6.45) is 0.800. The van der Waals surface area contributed by atoms with Crippen LogP contribution in [0.3, 0.4) is 0 Å². The minimum Gasteiger partial charge on any atom is -0.375 e. The highest BCUT2D eigenvalue weighted by Gasteiger charge is 2.13. The van der Waals surface area contributed by atoms with Crippen molar-refractivity contribution in [2.75, 3.05) is 34.3 Å². The van der Waals surface area contributed by atoms with Crippen LogP contribution in [0.5, 0.6) is 0 Å². The highest BCUT2D eigenvalue weighted by Crippen LogP contribution is 2.20. The summed E-state index contributed by atoms with van der Waals surface area (Å²) in [5.74, 6) is 0.586. The maximum atomic E-state index is 12.1. The monoisotopic (exact) mass is 403 g/mol. The summed E-state index contributed by atoms with van der Waals surface area (Å²) in [7, 11) is 5.29. The van der Waals surface area contributed by atoms with E-state index in [1.807, 2.05) is 42.5 Å². The molecule has 0 saturated carbocycles. The number of thiazole rings is 1. The van der Waals surface area contributed by atoms with Crippen LogP contribution in [0.1, 0.15) is 29.3 Å². The number of guanidine groups is 1. The van der Waals surface area contributed by atoms with Crippen LogP contribution in [-0.2, 0) is 22.5 Å². The molecular formula is C20H29N5O2S. The van der Waals surface area contributed by atoms with Gasteiger partial charge >= 0.3 is 0 Å². The Bertz CT molecular complexity index is 763. The predicted molar refractivity (Wildman–Crippen MR) is 114 cm³/mol. The van der Waals surface area contributed by atoms with Crippen LogP contribution in [0, 0.1) is 0 Å². The molecule has 1 aromatic carbocycles. The van der Waals surface area contributed by atoms with Gasteiger partial charge in [0.2, 0.25) is 5.91 Å². The number of amides is 1. The van der Waals surface area contributed by atoms with E-state index in [-0.39, 0.29) is 18.6 Å². The molecule has 0 aliphatic carbocycles. The van der Waals surface area contributed by atoms with Gasteiger partial charge < -0.3 is 20.3 Å². The molecule has 0 aliphatic rings. The molecule has 0 radical (unpaired) electrons. The van der Waals surface area contributed by atoms with Gasteiger partial charge in [-0.3, -0.25) is 9.79 Å². The Balaban J connectivity index is 1.74. The van der Waals surface area contributed by atoms with Crippen LogP contribution in [-0.4, -0.2) is 56.0 Å². The largest absolute Gasteiger partial charge is 0.375 e. The van der Waals surface area contributed by atoms with Crippen molar-refractivity contribution in [2.24, 2.45) is 4.99 Å². The average molecular weight is 404 g/mol. The van der Waals surface area contributed by atoms with E-state index in [4.69, 9.17) is 4.74 Å². The lowest BCUT2D eigenvalue weighted by Gasteiger charge is -2.21. The molecule has 8 heteroatoms. The number of hydrogen-bond acceptors (Lipinski definition) is 5. The smallest absolute Gasteiger partial charge is 0.239 e. The van der Waals surface area contributed by atoms with Crippen molar-refractivity contribution in [3.63, 3.8) is 0 Å². The molecule has 0 saturated heterocycles. The molecule has 2 aromatic rings. The van der Waals surface area contributed by atoms with Crippen molar-refractivity contribution in [1.29, 1.82) is 0 Å². The fourth-order valence-electron chi connectivity index (χ4n) is 2.60. The molecule has 0 bridgehead atoms. The van der Waals surface area contributed by atoms with Crippen LogP contribution < -0.4 is 10.6 Å². The number of hydrogen-bond donors (Lipinski definition) is 2. The van der Waals surface area contributed by atoms with Crippen LogP contribution >= 0.6 is 11.3 Å². The Morgan fingerprint density at radius 1 is 1.32 bits per heavy atom. The molecule has 1 unspecified atom stereocenters. The highest BCUT2D eigenvalue weighted by molar-refractivity contribution is 7.09. The molecule has 1 heterocycles. The molecule has 1 amide bonds. The molecule has 2 N–H and O–H groups in total. The Kier molecular flexibility index (Phi) is 8.90. The molecule has 7 nitrogen and oxygen atoms in total. The van der Waals surface area contributed by atoms with Gasteiger partial charge in [0.25, 0.3) is 0 Å². The van der Waals surface area contributed by atoms with Gasteiger partial charge in [-0.1, -0.05) is 30.3 Å². The van der Waals surface area contributed by atoms with E-state index >= 15 is 0 Å². The van der Waals surface area contributed by atoms with Crippen molar-refractivity contribution in [3.8, 4) is 0 Å². The van der Waals surface area contributed by atoms with Crippen LogP contribution in [0.2, 0.25) is 0 Å². The van der Waals surface area contributed by atoms with E-state index in [1.54, 1.807) is 25.5 Å². The number of ether oxygens (including phenoxy) is 1. The number of carbonyl (C=O) groups excluding carboxylic acids is 1. The van der Waals surface area contributed by atoms with E-state index in [0.29, 0.717) is 19.0 Å². The second kappa shape index (κ2) is 11.4. The first kappa shape index (κ1) is 21.8. The van der Waals surface area contributed by atoms with Crippen molar-refractivity contribution in [1.82, 2.24) is 20.5 Å². The molecule has 2 rings (SSSR count). The molecule has 0 spiro atoms. The van der Waals surface area contributed by atoms with Crippen LogP contribution in [0.15, 0.2) is 40.7 Å². The Labute approximate surface area is 170 Å². The quantitative estimate of drug-likeness (QED) is 0.496. The topological polar surface area (TPSA) is 78.9 Å².